The van der Waals surface area contributed by atoms with Crippen LogP contribution in [0.2, 0.25) is 0 Å². The van der Waals surface area contributed by atoms with E-state index >= 15 is 0 Å². The first-order valence-corrected chi connectivity index (χ1v) is 10.0. The molecule has 7 nitrogen and oxygen atoms in total. The Bertz CT molecular complexity index is 871. The highest BCUT2D eigenvalue weighted by Gasteiger charge is 2.30. The van der Waals surface area contributed by atoms with E-state index < -0.39 is 18.0 Å². The van der Waals surface area contributed by atoms with Crippen molar-refractivity contribution in [2.24, 2.45) is 0 Å². The van der Waals surface area contributed by atoms with Crippen molar-refractivity contribution in [1.29, 1.82) is 0 Å². The van der Waals surface area contributed by atoms with Crippen LogP contribution in [0.25, 0.3) is 0 Å². The number of amides is 1. The third kappa shape index (κ3) is 5.59. The monoisotopic (exact) mass is 411 g/mol. The van der Waals surface area contributed by atoms with Crippen LogP contribution in [0.3, 0.4) is 0 Å². The lowest BCUT2D eigenvalue weighted by molar-refractivity contribution is -0.128. The van der Waals surface area contributed by atoms with Gasteiger partial charge in [-0.05, 0) is 44.9 Å². The number of hydrogen-bond acceptors (Lipinski definition) is 6. The highest BCUT2D eigenvalue weighted by Crippen LogP contribution is 2.27. The van der Waals surface area contributed by atoms with E-state index in [1.807, 2.05) is 18.2 Å². The van der Waals surface area contributed by atoms with Gasteiger partial charge in [-0.3, -0.25) is 4.79 Å². The van der Waals surface area contributed by atoms with Crippen molar-refractivity contribution >= 4 is 17.8 Å². The second-order valence-electron chi connectivity index (χ2n) is 6.88. The highest BCUT2D eigenvalue weighted by molar-refractivity contribution is 5.96. The Morgan fingerprint density at radius 2 is 1.50 bits per heavy atom. The van der Waals surface area contributed by atoms with E-state index in [1.165, 1.54) is 18.2 Å². The summed E-state index contributed by atoms with van der Waals surface area (Å²) in [4.78, 5) is 37.3. The van der Waals surface area contributed by atoms with Crippen LogP contribution in [0.5, 0.6) is 5.75 Å². The number of esters is 2. The molecule has 0 bridgehead atoms. The molecule has 158 valence electrons. The van der Waals surface area contributed by atoms with Crippen LogP contribution in [0.15, 0.2) is 48.5 Å². The van der Waals surface area contributed by atoms with Crippen molar-refractivity contribution in [2.45, 2.75) is 38.8 Å². The van der Waals surface area contributed by atoms with Gasteiger partial charge in [0.1, 0.15) is 5.75 Å². The van der Waals surface area contributed by atoms with Gasteiger partial charge in [0.25, 0.3) is 5.91 Å². The molecule has 1 aliphatic rings. The van der Waals surface area contributed by atoms with Gasteiger partial charge in [0.05, 0.1) is 24.3 Å². The molecular formula is C23H25NO6. The number of carbonyl (C=O) groups excluding carboxylic acids is 3. The molecule has 0 aliphatic heterocycles. The first kappa shape index (κ1) is 21.4. The molecule has 0 radical (unpaired) electrons. The fourth-order valence-electron chi connectivity index (χ4n) is 2.87. The van der Waals surface area contributed by atoms with Crippen molar-refractivity contribution in [1.82, 2.24) is 5.32 Å². The number of hydrogen-bond donors (Lipinski definition) is 1. The maximum atomic E-state index is 12.8. The van der Waals surface area contributed by atoms with Crippen LogP contribution < -0.4 is 10.1 Å². The highest BCUT2D eigenvalue weighted by atomic mass is 16.5. The third-order valence-electron chi connectivity index (χ3n) is 4.45. The summed E-state index contributed by atoms with van der Waals surface area (Å²) in [6, 6.07) is 13.5. The van der Waals surface area contributed by atoms with E-state index in [4.69, 9.17) is 14.2 Å². The topological polar surface area (TPSA) is 90.9 Å². The predicted octanol–water partition coefficient (Wildman–Crippen LogP) is 3.44. The van der Waals surface area contributed by atoms with Gasteiger partial charge in [-0.15, -0.1) is 0 Å². The summed E-state index contributed by atoms with van der Waals surface area (Å²) in [6.45, 7) is 3.76. The molecule has 0 spiro atoms. The van der Waals surface area contributed by atoms with E-state index in [9.17, 15) is 14.4 Å². The second-order valence-corrected chi connectivity index (χ2v) is 6.88. The molecule has 1 atom stereocenters. The zero-order valence-corrected chi connectivity index (χ0v) is 17.1. The molecule has 0 saturated heterocycles. The average molecular weight is 411 g/mol. The number of rotatable bonds is 9. The van der Waals surface area contributed by atoms with Crippen LogP contribution in [0, 0.1) is 0 Å². The molecular weight excluding hydrogens is 386 g/mol. The lowest BCUT2D eigenvalue weighted by atomic mass is 10.1. The number of ether oxygens (including phenoxy) is 3. The number of benzene rings is 2. The third-order valence-corrected chi connectivity index (χ3v) is 4.45. The molecule has 30 heavy (non-hydrogen) atoms. The standard InChI is InChI=1S/C23H25NO6/c1-3-28-22(26)16-12-17(23(27)29-4-2)14-19(13-16)30-20(15-8-6-5-7-9-15)21(25)24-18-10-11-18/h5-9,12-14,18,20H,3-4,10-11H2,1-2H3,(H,24,25)/t20-/m1/s1. The van der Waals surface area contributed by atoms with Gasteiger partial charge in [0.2, 0.25) is 6.10 Å². The lowest BCUT2D eigenvalue weighted by Gasteiger charge is -2.20. The normalized spacial score (nSPS) is 13.8. The second kappa shape index (κ2) is 9.91. The van der Waals surface area contributed by atoms with Gasteiger partial charge in [-0.25, -0.2) is 9.59 Å². The quantitative estimate of drug-likeness (QED) is 0.636. The van der Waals surface area contributed by atoms with Crippen molar-refractivity contribution in [3.63, 3.8) is 0 Å². The van der Waals surface area contributed by atoms with Crippen molar-refractivity contribution in [3.8, 4) is 5.75 Å². The van der Waals surface area contributed by atoms with E-state index in [1.54, 1.807) is 26.0 Å². The Hall–Kier alpha value is -3.35. The van der Waals surface area contributed by atoms with E-state index in [2.05, 4.69) is 5.32 Å². The fraction of sp³-hybridized carbons (Fsp3) is 0.348. The summed E-state index contributed by atoms with van der Waals surface area (Å²) >= 11 is 0. The van der Waals surface area contributed by atoms with Crippen molar-refractivity contribution < 1.29 is 28.6 Å². The maximum Gasteiger partial charge on any atom is 0.338 e. The zero-order valence-electron chi connectivity index (χ0n) is 17.1. The first-order valence-electron chi connectivity index (χ1n) is 10.0. The predicted molar refractivity (Wildman–Crippen MR) is 109 cm³/mol. The van der Waals surface area contributed by atoms with Crippen LogP contribution in [-0.2, 0) is 14.3 Å². The lowest BCUT2D eigenvalue weighted by Crippen LogP contribution is -2.34. The molecule has 0 heterocycles. The molecule has 1 fully saturated rings. The fourth-order valence-corrected chi connectivity index (χ4v) is 2.87. The number of carbonyl (C=O) groups is 3. The number of nitrogens with one attached hydrogen (secondary N) is 1. The molecule has 3 rings (SSSR count). The van der Waals surface area contributed by atoms with Gasteiger partial charge in [0, 0.05) is 11.6 Å². The van der Waals surface area contributed by atoms with Crippen LogP contribution in [-0.4, -0.2) is 37.1 Å². The van der Waals surface area contributed by atoms with Crippen molar-refractivity contribution in [2.75, 3.05) is 13.2 Å². The van der Waals surface area contributed by atoms with Crippen LogP contribution >= 0.6 is 0 Å². The maximum absolute atomic E-state index is 12.8. The molecule has 1 N–H and O–H groups in total. The van der Waals surface area contributed by atoms with E-state index in [0.717, 1.165) is 12.8 Å². The largest absolute Gasteiger partial charge is 0.476 e. The Labute approximate surface area is 175 Å². The minimum Gasteiger partial charge on any atom is -0.476 e. The molecule has 0 aromatic heterocycles. The van der Waals surface area contributed by atoms with Gasteiger partial charge in [0.15, 0.2) is 0 Å². The molecule has 0 unspecified atom stereocenters. The van der Waals surface area contributed by atoms with E-state index in [-0.39, 0.29) is 42.0 Å². The molecule has 1 saturated carbocycles. The Balaban J connectivity index is 1.94. The van der Waals surface area contributed by atoms with Crippen LogP contribution in [0.1, 0.15) is 59.1 Å². The van der Waals surface area contributed by atoms with Gasteiger partial charge >= 0.3 is 11.9 Å². The first-order chi connectivity index (χ1) is 14.5. The summed E-state index contributed by atoms with van der Waals surface area (Å²) in [6.07, 6.45) is 0.955. The van der Waals surface area contributed by atoms with Crippen LogP contribution in [0.4, 0.5) is 0 Å². The summed E-state index contributed by atoms with van der Waals surface area (Å²) in [5, 5.41) is 2.94. The van der Waals surface area contributed by atoms with Crippen molar-refractivity contribution in [3.05, 3.63) is 65.2 Å². The van der Waals surface area contributed by atoms with Gasteiger partial charge in [-0.1, -0.05) is 30.3 Å². The van der Waals surface area contributed by atoms with Gasteiger partial charge in [-0.2, -0.15) is 0 Å². The summed E-state index contributed by atoms with van der Waals surface area (Å²) < 4.78 is 16.1. The Morgan fingerprint density at radius 1 is 0.933 bits per heavy atom. The molecule has 1 aliphatic carbocycles. The smallest absolute Gasteiger partial charge is 0.338 e. The summed E-state index contributed by atoms with van der Waals surface area (Å²) in [5.41, 5.74) is 0.952. The molecule has 2 aromatic rings. The average Bonchev–Trinajstić information content (AvgIpc) is 3.56. The minimum atomic E-state index is -0.931. The van der Waals surface area contributed by atoms with Gasteiger partial charge < -0.3 is 19.5 Å². The Kier molecular flexibility index (Phi) is 7.06. The molecule has 7 heteroatoms. The molecule has 1 amide bonds. The van der Waals surface area contributed by atoms with E-state index in [0.29, 0.717) is 5.56 Å². The SMILES string of the molecule is CCOC(=O)c1cc(O[C@@H](C(=O)NC2CC2)c2ccccc2)cc(C(=O)OCC)c1. The summed E-state index contributed by atoms with van der Waals surface area (Å²) in [5.74, 6) is -1.26. The summed E-state index contributed by atoms with van der Waals surface area (Å²) in [7, 11) is 0. The Morgan fingerprint density at radius 3 is 2.00 bits per heavy atom. The zero-order chi connectivity index (χ0) is 21.5. The minimum absolute atomic E-state index is 0.145. The molecule has 2 aromatic carbocycles.